The minimum Gasteiger partial charge on any atom is -0.466 e. The normalized spacial score (nSPS) is 11.9. The summed E-state index contributed by atoms with van der Waals surface area (Å²) in [4.78, 5) is 22.3. The molecule has 1 unspecified atom stereocenters. The molecular formula is C12H15NO4S. The van der Waals surface area contributed by atoms with Crippen LogP contribution >= 0.6 is 11.8 Å². The van der Waals surface area contributed by atoms with E-state index in [4.69, 9.17) is 4.74 Å². The number of carbonyl (C=O) groups excluding carboxylic acids is 1. The van der Waals surface area contributed by atoms with Gasteiger partial charge in [-0.25, -0.2) is 0 Å². The zero-order valence-corrected chi connectivity index (χ0v) is 11.1. The fourth-order valence-electron chi connectivity index (χ4n) is 1.24. The Morgan fingerprint density at radius 1 is 1.44 bits per heavy atom. The summed E-state index contributed by atoms with van der Waals surface area (Å²) in [6.07, 6.45) is 0. The Morgan fingerprint density at radius 2 is 2.06 bits per heavy atom. The van der Waals surface area contributed by atoms with Crippen LogP contribution in [0.25, 0.3) is 0 Å². The molecule has 0 spiro atoms. The van der Waals surface area contributed by atoms with Crippen molar-refractivity contribution in [1.82, 2.24) is 0 Å². The predicted molar refractivity (Wildman–Crippen MR) is 69.6 cm³/mol. The maximum atomic E-state index is 11.4. The summed E-state index contributed by atoms with van der Waals surface area (Å²) < 4.78 is 4.90. The van der Waals surface area contributed by atoms with Gasteiger partial charge in [0.15, 0.2) is 0 Å². The number of esters is 1. The van der Waals surface area contributed by atoms with Gasteiger partial charge in [-0.15, -0.1) is 11.8 Å². The van der Waals surface area contributed by atoms with Crippen molar-refractivity contribution in [3.63, 3.8) is 0 Å². The molecule has 0 fully saturated rings. The third kappa shape index (κ3) is 4.37. The third-order valence-corrected chi connectivity index (χ3v) is 3.51. The second-order valence-electron chi connectivity index (χ2n) is 3.72. The van der Waals surface area contributed by atoms with Crippen molar-refractivity contribution < 1.29 is 14.5 Å². The predicted octanol–water partition coefficient (Wildman–Crippen LogP) is 2.89. The number of hydrogen-bond donors (Lipinski definition) is 0. The summed E-state index contributed by atoms with van der Waals surface area (Å²) in [6.45, 7) is 3.95. The van der Waals surface area contributed by atoms with Gasteiger partial charge in [-0.2, -0.15) is 0 Å². The van der Waals surface area contributed by atoms with Crippen molar-refractivity contribution in [1.29, 1.82) is 0 Å². The number of nitro benzene ring substituents is 1. The van der Waals surface area contributed by atoms with Crippen molar-refractivity contribution in [3.8, 4) is 0 Å². The highest BCUT2D eigenvalue weighted by molar-refractivity contribution is 7.99. The molecule has 0 bridgehead atoms. The van der Waals surface area contributed by atoms with Gasteiger partial charge in [0.05, 0.1) is 17.4 Å². The first-order valence-electron chi connectivity index (χ1n) is 5.58. The van der Waals surface area contributed by atoms with Crippen LogP contribution in [-0.4, -0.2) is 23.3 Å². The molecule has 0 saturated carbocycles. The molecule has 1 aromatic rings. The molecule has 0 heterocycles. The molecule has 0 aliphatic rings. The van der Waals surface area contributed by atoms with Crippen molar-refractivity contribution in [2.24, 2.45) is 5.92 Å². The van der Waals surface area contributed by atoms with E-state index < -0.39 is 4.92 Å². The Kier molecular flexibility index (Phi) is 5.64. The van der Waals surface area contributed by atoms with Crippen LogP contribution in [0.3, 0.4) is 0 Å². The van der Waals surface area contributed by atoms with Crippen LogP contribution in [-0.2, 0) is 9.53 Å². The van der Waals surface area contributed by atoms with Crippen LogP contribution < -0.4 is 0 Å². The number of rotatable bonds is 6. The Hall–Kier alpha value is -1.56. The topological polar surface area (TPSA) is 69.4 Å². The van der Waals surface area contributed by atoms with Crippen molar-refractivity contribution in [3.05, 3.63) is 34.4 Å². The maximum Gasteiger partial charge on any atom is 0.309 e. The lowest BCUT2D eigenvalue weighted by molar-refractivity contribution is -0.384. The minimum absolute atomic E-state index is 0.0674. The first-order chi connectivity index (χ1) is 8.54. The van der Waals surface area contributed by atoms with Gasteiger partial charge in [-0.3, -0.25) is 14.9 Å². The van der Waals surface area contributed by atoms with Gasteiger partial charge < -0.3 is 4.74 Å². The van der Waals surface area contributed by atoms with Crippen molar-refractivity contribution in [2.75, 3.05) is 12.4 Å². The molecule has 0 amide bonds. The molecule has 0 aromatic heterocycles. The molecule has 0 saturated heterocycles. The quantitative estimate of drug-likeness (QED) is 0.344. The number of hydrogen-bond acceptors (Lipinski definition) is 5. The summed E-state index contributed by atoms with van der Waals surface area (Å²) >= 11 is 1.48. The second kappa shape index (κ2) is 7.00. The monoisotopic (exact) mass is 269 g/mol. The number of non-ortho nitro benzene ring substituents is 1. The van der Waals surface area contributed by atoms with E-state index in [0.29, 0.717) is 12.4 Å². The highest BCUT2D eigenvalue weighted by atomic mass is 32.2. The summed E-state index contributed by atoms with van der Waals surface area (Å²) in [7, 11) is 0. The van der Waals surface area contributed by atoms with Crippen LogP contribution in [0.1, 0.15) is 13.8 Å². The molecule has 98 valence electrons. The summed E-state index contributed by atoms with van der Waals surface area (Å²) in [5.74, 6) is 0.188. The summed E-state index contributed by atoms with van der Waals surface area (Å²) in [6, 6.07) is 6.27. The minimum atomic E-state index is -0.435. The highest BCUT2D eigenvalue weighted by Gasteiger charge is 2.14. The molecule has 0 aliphatic heterocycles. The number of ether oxygens (including phenoxy) is 1. The smallest absolute Gasteiger partial charge is 0.309 e. The average molecular weight is 269 g/mol. The Balaban J connectivity index is 2.48. The number of thioether (sulfide) groups is 1. The van der Waals surface area contributed by atoms with E-state index in [-0.39, 0.29) is 17.6 Å². The van der Waals surface area contributed by atoms with Crippen LogP contribution in [0.2, 0.25) is 0 Å². The fourth-order valence-corrected chi connectivity index (χ4v) is 2.14. The summed E-state index contributed by atoms with van der Waals surface area (Å²) in [5, 5.41) is 10.5. The lowest BCUT2D eigenvalue weighted by atomic mass is 10.2. The Labute approximate surface area is 110 Å². The first-order valence-corrected chi connectivity index (χ1v) is 6.57. The summed E-state index contributed by atoms with van der Waals surface area (Å²) in [5.41, 5.74) is 0.0674. The molecule has 1 atom stereocenters. The van der Waals surface area contributed by atoms with Gasteiger partial charge in [0.1, 0.15) is 0 Å². The molecule has 1 rings (SSSR count). The van der Waals surface area contributed by atoms with E-state index in [0.717, 1.165) is 4.90 Å². The molecule has 5 nitrogen and oxygen atoms in total. The third-order valence-electron chi connectivity index (χ3n) is 2.24. The van der Waals surface area contributed by atoms with Gasteiger partial charge in [-0.05, 0) is 19.1 Å². The Bertz CT molecular complexity index is 419. The van der Waals surface area contributed by atoms with Gasteiger partial charge in [-0.1, -0.05) is 6.92 Å². The van der Waals surface area contributed by atoms with E-state index in [1.807, 2.05) is 0 Å². The van der Waals surface area contributed by atoms with Crippen molar-refractivity contribution >= 4 is 23.4 Å². The van der Waals surface area contributed by atoms with Crippen LogP contribution in [0.5, 0.6) is 0 Å². The van der Waals surface area contributed by atoms with Crippen molar-refractivity contribution in [2.45, 2.75) is 18.7 Å². The number of nitro groups is 1. The van der Waals surface area contributed by atoms with E-state index in [2.05, 4.69) is 0 Å². The zero-order chi connectivity index (χ0) is 13.5. The molecule has 18 heavy (non-hydrogen) atoms. The van der Waals surface area contributed by atoms with Gasteiger partial charge >= 0.3 is 5.97 Å². The van der Waals surface area contributed by atoms with E-state index >= 15 is 0 Å². The van der Waals surface area contributed by atoms with Gasteiger partial charge in [0, 0.05) is 22.8 Å². The molecular weight excluding hydrogens is 254 g/mol. The highest BCUT2D eigenvalue weighted by Crippen LogP contribution is 2.23. The Morgan fingerprint density at radius 3 is 2.56 bits per heavy atom. The van der Waals surface area contributed by atoms with Crippen LogP contribution in [0, 0.1) is 16.0 Å². The average Bonchev–Trinajstić information content (AvgIpc) is 2.36. The second-order valence-corrected chi connectivity index (χ2v) is 4.81. The SMILES string of the molecule is CCOC(=O)C(C)CSc1ccc([N+](=O)[O-])cc1. The van der Waals surface area contributed by atoms with Gasteiger partial charge in [0.2, 0.25) is 0 Å². The standard InChI is InChI=1S/C12H15NO4S/c1-3-17-12(14)9(2)8-18-11-6-4-10(5-7-11)13(15)16/h4-7,9H,3,8H2,1-2H3. The molecule has 6 heteroatoms. The molecule has 1 aromatic carbocycles. The zero-order valence-electron chi connectivity index (χ0n) is 10.3. The number of benzene rings is 1. The number of carbonyl (C=O) groups is 1. The first kappa shape index (κ1) is 14.5. The maximum absolute atomic E-state index is 11.4. The van der Waals surface area contributed by atoms with E-state index in [1.54, 1.807) is 26.0 Å². The van der Waals surface area contributed by atoms with E-state index in [9.17, 15) is 14.9 Å². The lowest BCUT2D eigenvalue weighted by Crippen LogP contribution is -2.16. The van der Waals surface area contributed by atoms with E-state index in [1.165, 1.54) is 23.9 Å². The largest absolute Gasteiger partial charge is 0.466 e. The molecule has 0 N–H and O–H groups in total. The van der Waals surface area contributed by atoms with Crippen LogP contribution in [0.15, 0.2) is 29.2 Å². The van der Waals surface area contributed by atoms with Crippen LogP contribution in [0.4, 0.5) is 5.69 Å². The fraction of sp³-hybridized carbons (Fsp3) is 0.417. The lowest BCUT2D eigenvalue weighted by Gasteiger charge is -2.09. The molecule has 0 aliphatic carbocycles. The number of nitrogens with zero attached hydrogens (tertiary/aromatic N) is 1. The molecule has 0 radical (unpaired) electrons. The van der Waals surface area contributed by atoms with Gasteiger partial charge in [0.25, 0.3) is 5.69 Å².